The molecule has 1 aliphatic rings. The van der Waals surface area contributed by atoms with Crippen molar-refractivity contribution in [3.05, 3.63) is 47.8 Å². The molecular formula is C17H22N4O3S. The molecule has 0 radical (unpaired) electrons. The lowest BCUT2D eigenvalue weighted by Crippen LogP contribution is -2.37. The Kier molecular flexibility index (Phi) is 4.91. The van der Waals surface area contributed by atoms with E-state index in [4.69, 9.17) is 0 Å². The lowest BCUT2D eigenvalue weighted by molar-refractivity contribution is 0.0963. The summed E-state index contributed by atoms with van der Waals surface area (Å²) in [5, 5.41) is 6.71. The fourth-order valence-corrected chi connectivity index (χ4v) is 4.62. The van der Waals surface area contributed by atoms with Gasteiger partial charge in [0, 0.05) is 38.9 Å². The van der Waals surface area contributed by atoms with E-state index in [2.05, 4.69) is 10.4 Å². The first-order valence-electron chi connectivity index (χ1n) is 8.22. The molecule has 1 aliphatic heterocycles. The predicted octanol–water partition coefficient (Wildman–Crippen LogP) is 1.35. The summed E-state index contributed by atoms with van der Waals surface area (Å²) in [6, 6.07) is 6.06. The number of nitrogens with one attached hydrogen (secondary N) is 1. The van der Waals surface area contributed by atoms with E-state index >= 15 is 0 Å². The van der Waals surface area contributed by atoms with Crippen molar-refractivity contribution < 1.29 is 13.2 Å². The summed E-state index contributed by atoms with van der Waals surface area (Å²) in [5.74, 6) is 0.108. The highest BCUT2D eigenvalue weighted by molar-refractivity contribution is 7.89. The molecule has 0 bridgehead atoms. The van der Waals surface area contributed by atoms with Gasteiger partial charge in [-0.3, -0.25) is 9.48 Å². The summed E-state index contributed by atoms with van der Waals surface area (Å²) < 4.78 is 28.9. The highest BCUT2D eigenvalue weighted by Gasteiger charge is 2.30. The number of piperidine rings is 1. The Morgan fingerprint density at radius 2 is 1.84 bits per heavy atom. The standard InChI is InChI=1S/C17H22N4O3S/c1-18-17(22)14-3-5-16(6-4-14)25(23,24)21-9-7-13(8-10-21)15-11-19-20(2)12-15/h3-6,11-13H,7-10H2,1-2H3,(H,18,22). The Balaban J connectivity index is 1.70. The minimum atomic E-state index is -3.53. The van der Waals surface area contributed by atoms with Crippen molar-refractivity contribution in [1.82, 2.24) is 19.4 Å². The molecule has 0 spiro atoms. The van der Waals surface area contributed by atoms with Gasteiger partial charge in [0.05, 0.1) is 11.1 Å². The maximum absolute atomic E-state index is 12.8. The van der Waals surface area contributed by atoms with Crippen LogP contribution in [0.25, 0.3) is 0 Å². The maximum Gasteiger partial charge on any atom is 0.251 e. The number of carbonyl (C=O) groups excluding carboxylic acids is 1. The van der Waals surface area contributed by atoms with Gasteiger partial charge in [-0.1, -0.05) is 0 Å². The van der Waals surface area contributed by atoms with Crippen LogP contribution in [-0.4, -0.2) is 48.5 Å². The van der Waals surface area contributed by atoms with Crippen LogP contribution >= 0.6 is 0 Å². The van der Waals surface area contributed by atoms with Gasteiger partial charge in [-0.15, -0.1) is 0 Å². The topological polar surface area (TPSA) is 84.3 Å². The third-order valence-corrected chi connectivity index (χ3v) is 6.54. The third kappa shape index (κ3) is 3.59. The van der Waals surface area contributed by atoms with Crippen molar-refractivity contribution in [3.8, 4) is 0 Å². The summed E-state index contributed by atoms with van der Waals surface area (Å²) in [7, 11) is -0.109. The van der Waals surface area contributed by atoms with Crippen LogP contribution in [0.4, 0.5) is 0 Å². The number of hydrogen-bond acceptors (Lipinski definition) is 4. The van der Waals surface area contributed by atoms with Gasteiger partial charge in [-0.25, -0.2) is 8.42 Å². The van der Waals surface area contributed by atoms with Crippen LogP contribution in [0.3, 0.4) is 0 Å². The molecular weight excluding hydrogens is 340 g/mol. The first-order chi connectivity index (χ1) is 11.9. The highest BCUT2D eigenvalue weighted by atomic mass is 32.2. The van der Waals surface area contributed by atoms with E-state index in [0.717, 1.165) is 18.4 Å². The average molecular weight is 362 g/mol. The van der Waals surface area contributed by atoms with Gasteiger partial charge in [0.1, 0.15) is 0 Å². The van der Waals surface area contributed by atoms with Crippen LogP contribution in [0.1, 0.15) is 34.7 Å². The number of hydrogen-bond donors (Lipinski definition) is 1. The van der Waals surface area contributed by atoms with Gasteiger partial charge in [0.25, 0.3) is 5.91 Å². The van der Waals surface area contributed by atoms with E-state index in [-0.39, 0.29) is 10.8 Å². The monoisotopic (exact) mass is 362 g/mol. The number of benzene rings is 1. The van der Waals surface area contributed by atoms with E-state index in [1.54, 1.807) is 11.7 Å². The number of aryl methyl sites for hydroxylation is 1. The molecule has 0 saturated carbocycles. The van der Waals surface area contributed by atoms with Gasteiger partial charge in [0.2, 0.25) is 10.0 Å². The predicted molar refractivity (Wildman–Crippen MR) is 93.8 cm³/mol. The molecule has 134 valence electrons. The van der Waals surface area contributed by atoms with Crippen LogP contribution in [0, 0.1) is 0 Å². The Morgan fingerprint density at radius 3 is 2.36 bits per heavy atom. The normalized spacial score (nSPS) is 16.7. The fourth-order valence-electron chi connectivity index (χ4n) is 3.15. The molecule has 1 N–H and O–H groups in total. The van der Waals surface area contributed by atoms with Gasteiger partial charge in [0.15, 0.2) is 0 Å². The number of carbonyl (C=O) groups is 1. The quantitative estimate of drug-likeness (QED) is 0.890. The largest absolute Gasteiger partial charge is 0.355 e. The molecule has 0 atom stereocenters. The van der Waals surface area contributed by atoms with Gasteiger partial charge < -0.3 is 5.32 Å². The van der Waals surface area contributed by atoms with Crippen molar-refractivity contribution >= 4 is 15.9 Å². The molecule has 1 amide bonds. The Morgan fingerprint density at radius 1 is 1.20 bits per heavy atom. The second-order valence-electron chi connectivity index (χ2n) is 6.23. The van der Waals surface area contributed by atoms with Crippen LogP contribution < -0.4 is 5.32 Å². The Hall–Kier alpha value is -2.19. The molecule has 0 aliphatic carbocycles. The summed E-state index contributed by atoms with van der Waals surface area (Å²) in [6.07, 6.45) is 5.40. The lowest BCUT2D eigenvalue weighted by Gasteiger charge is -2.30. The van der Waals surface area contributed by atoms with Crippen molar-refractivity contribution in [2.24, 2.45) is 7.05 Å². The second-order valence-corrected chi connectivity index (χ2v) is 8.17. The minimum absolute atomic E-state index is 0.222. The zero-order chi connectivity index (χ0) is 18.0. The summed E-state index contributed by atoms with van der Waals surface area (Å²) in [6.45, 7) is 0.970. The average Bonchev–Trinajstić information content (AvgIpc) is 3.07. The molecule has 25 heavy (non-hydrogen) atoms. The summed E-state index contributed by atoms with van der Waals surface area (Å²) in [4.78, 5) is 11.8. The highest BCUT2D eigenvalue weighted by Crippen LogP contribution is 2.30. The zero-order valence-corrected chi connectivity index (χ0v) is 15.2. The molecule has 1 fully saturated rings. The molecule has 2 heterocycles. The van der Waals surface area contributed by atoms with Gasteiger partial charge >= 0.3 is 0 Å². The Bertz CT molecular complexity index is 850. The smallest absolute Gasteiger partial charge is 0.251 e. The van der Waals surface area contributed by atoms with Gasteiger partial charge in [-0.05, 0) is 48.6 Å². The Labute approximate surface area is 147 Å². The molecule has 1 aromatic carbocycles. The lowest BCUT2D eigenvalue weighted by atomic mass is 9.93. The molecule has 0 unspecified atom stereocenters. The molecule has 2 aromatic rings. The van der Waals surface area contributed by atoms with E-state index in [1.807, 2.05) is 19.4 Å². The van der Waals surface area contributed by atoms with Gasteiger partial charge in [-0.2, -0.15) is 9.40 Å². The van der Waals surface area contributed by atoms with Crippen LogP contribution in [0.15, 0.2) is 41.6 Å². The van der Waals surface area contributed by atoms with E-state index in [0.29, 0.717) is 24.6 Å². The molecule has 3 rings (SSSR count). The van der Waals surface area contributed by atoms with Crippen LogP contribution in [0.5, 0.6) is 0 Å². The summed E-state index contributed by atoms with van der Waals surface area (Å²) in [5.41, 5.74) is 1.60. The SMILES string of the molecule is CNC(=O)c1ccc(S(=O)(=O)N2CCC(c3cnn(C)c3)CC2)cc1. The minimum Gasteiger partial charge on any atom is -0.355 e. The van der Waals surface area contributed by atoms with Crippen molar-refractivity contribution in [2.45, 2.75) is 23.7 Å². The second kappa shape index (κ2) is 6.97. The van der Waals surface area contributed by atoms with E-state index < -0.39 is 10.0 Å². The first kappa shape index (κ1) is 17.6. The summed E-state index contributed by atoms with van der Waals surface area (Å²) >= 11 is 0. The van der Waals surface area contributed by atoms with Crippen LogP contribution in [-0.2, 0) is 17.1 Å². The van der Waals surface area contributed by atoms with Crippen molar-refractivity contribution in [2.75, 3.05) is 20.1 Å². The third-order valence-electron chi connectivity index (χ3n) is 4.63. The van der Waals surface area contributed by atoms with Crippen molar-refractivity contribution in [1.29, 1.82) is 0 Å². The first-order valence-corrected chi connectivity index (χ1v) is 9.66. The number of rotatable bonds is 4. The maximum atomic E-state index is 12.8. The van der Waals surface area contributed by atoms with Crippen molar-refractivity contribution in [3.63, 3.8) is 0 Å². The molecule has 8 heteroatoms. The molecule has 1 saturated heterocycles. The number of aromatic nitrogens is 2. The number of nitrogens with zero attached hydrogens (tertiary/aromatic N) is 3. The number of amides is 1. The molecule has 1 aromatic heterocycles. The number of sulfonamides is 1. The molecule has 7 nitrogen and oxygen atoms in total. The van der Waals surface area contributed by atoms with E-state index in [9.17, 15) is 13.2 Å². The van der Waals surface area contributed by atoms with E-state index in [1.165, 1.54) is 28.6 Å². The zero-order valence-electron chi connectivity index (χ0n) is 14.3. The van der Waals surface area contributed by atoms with Crippen LogP contribution in [0.2, 0.25) is 0 Å². The fraction of sp³-hybridized carbons (Fsp3) is 0.412.